The Labute approximate surface area is 136 Å². The zero-order valence-electron chi connectivity index (χ0n) is 11.8. The average molecular weight is 322 g/mol. The summed E-state index contributed by atoms with van der Waals surface area (Å²) in [5, 5.41) is 5.44. The average Bonchev–Trinajstić information content (AvgIpc) is 3.24. The third-order valence-corrected chi connectivity index (χ3v) is 5.65. The topological polar surface area (TPSA) is 38.9 Å². The van der Waals surface area contributed by atoms with Gasteiger partial charge in [-0.1, -0.05) is 36.4 Å². The second-order valence-corrected chi connectivity index (χ2v) is 6.97. The van der Waals surface area contributed by atoms with Crippen molar-refractivity contribution < 1.29 is 0 Å². The summed E-state index contributed by atoms with van der Waals surface area (Å²) in [6.45, 7) is 0. The van der Waals surface area contributed by atoms with Crippen LogP contribution in [0.1, 0.15) is 16.6 Å². The molecule has 0 saturated heterocycles. The molecule has 3 aromatic heterocycles. The number of benzene rings is 1. The summed E-state index contributed by atoms with van der Waals surface area (Å²) in [6, 6.07) is 16.4. The molecule has 0 spiro atoms. The van der Waals surface area contributed by atoms with Crippen molar-refractivity contribution >= 4 is 32.8 Å². The molecular formula is C18H14N2S2. The van der Waals surface area contributed by atoms with E-state index in [2.05, 4.69) is 52.1 Å². The second-order valence-electron chi connectivity index (χ2n) is 5.08. The first-order valence-corrected chi connectivity index (χ1v) is 8.81. The fourth-order valence-corrected chi connectivity index (χ4v) is 4.38. The van der Waals surface area contributed by atoms with E-state index in [1.807, 2.05) is 18.3 Å². The molecule has 4 heteroatoms. The summed E-state index contributed by atoms with van der Waals surface area (Å²) < 4.78 is 1.23. The minimum Gasteiger partial charge on any atom is -0.318 e. The van der Waals surface area contributed by atoms with Crippen molar-refractivity contribution in [3.63, 3.8) is 0 Å². The molecule has 0 aliphatic carbocycles. The molecule has 22 heavy (non-hydrogen) atoms. The molecule has 3 heterocycles. The lowest BCUT2D eigenvalue weighted by Gasteiger charge is -2.12. The van der Waals surface area contributed by atoms with E-state index >= 15 is 0 Å². The monoisotopic (exact) mass is 322 g/mol. The molecule has 1 unspecified atom stereocenters. The molecule has 4 rings (SSSR count). The largest absolute Gasteiger partial charge is 0.318 e. The lowest BCUT2D eigenvalue weighted by Crippen LogP contribution is -2.12. The molecule has 0 fully saturated rings. The normalized spacial score (nSPS) is 12.6. The van der Waals surface area contributed by atoms with Crippen molar-refractivity contribution in [1.29, 1.82) is 0 Å². The summed E-state index contributed by atoms with van der Waals surface area (Å²) >= 11 is 3.42. The van der Waals surface area contributed by atoms with Gasteiger partial charge in [-0.2, -0.15) is 0 Å². The minimum absolute atomic E-state index is 0.180. The molecular weight excluding hydrogens is 308 g/mol. The summed E-state index contributed by atoms with van der Waals surface area (Å²) in [5.74, 6) is 0. The maximum absolute atomic E-state index is 6.49. The SMILES string of the molecule is NC(c1cccs1)c1nccc2scc(-c3ccccc3)c12. The van der Waals surface area contributed by atoms with Gasteiger partial charge in [0, 0.05) is 26.7 Å². The number of pyridine rings is 1. The fraction of sp³-hybridized carbons (Fsp3) is 0.0556. The third-order valence-electron chi connectivity index (χ3n) is 3.74. The fourth-order valence-electron chi connectivity index (χ4n) is 2.68. The summed E-state index contributed by atoms with van der Waals surface area (Å²) in [6.07, 6.45) is 1.86. The Balaban J connectivity index is 1.94. The Morgan fingerprint density at radius 3 is 2.59 bits per heavy atom. The van der Waals surface area contributed by atoms with E-state index < -0.39 is 0 Å². The highest BCUT2D eigenvalue weighted by atomic mass is 32.1. The summed E-state index contributed by atoms with van der Waals surface area (Å²) in [7, 11) is 0. The van der Waals surface area contributed by atoms with Crippen LogP contribution in [0.3, 0.4) is 0 Å². The number of fused-ring (bicyclic) bond motifs is 1. The standard InChI is InChI=1S/C18H14N2S2/c19-17(15-7-4-10-21-15)18-16-13(12-5-2-1-3-6-12)11-22-14(16)8-9-20-18/h1-11,17H,19H2. The molecule has 4 aromatic rings. The predicted octanol–water partition coefficient (Wildman–Crippen LogP) is 5.07. The van der Waals surface area contributed by atoms with Crippen molar-refractivity contribution in [2.75, 3.05) is 0 Å². The zero-order chi connectivity index (χ0) is 14.9. The van der Waals surface area contributed by atoms with Gasteiger partial charge in [0.2, 0.25) is 0 Å². The Morgan fingerprint density at radius 1 is 0.955 bits per heavy atom. The van der Waals surface area contributed by atoms with Crippen molar-refractivity contribution in [2.24, 2.45) is 5.73 Å². The number of thiophene rings is 2. The van der Waals surface area contributed by atoms with Crippen LogP contribution in [0, 0.1) is 0 Å². The van der Waals surface area contributed by atoms with Gasteiger partial charge >= 0.3 is 0 Å². The molecule has 108 valence electrons. The Morgan fingerprint density at radius 2 is 1.82 bits per heavy atom. The van der Waals surface area contributed by atoms with Gasteiger partial charge in [-0.15, -0.1) is 22.7 Å². The van der Waals surface area contributed by atoms with E-state index in [1.165, 1.54) is 21.2 Å². The lowest BCUT2D eigenvalue weighted by atomic mass is 10.0. The van der Waals surface area contributed by atoms with Crippen molar-refractivity contribution in [1.82, 2.24) is 4.98 Å². The van der Waals surface area contributed by atoms with E-state index in [0.29, 0.717) is 0 Å². The van der Waals surface area contributed by atoms with Gasteiger partial charge in [-0.25, -0.2) is 0 Å². The molecule has 1 aromatic carbocycles. The van der Waals surface area contributed by atoms with E-state index in [4.69, 9.17) is 5.73 Å². The van der Waals surface area contributed by atoms with Crippen LogP contribution < -0.4 is 5.73 Å². The zero-order valence-corrected chi connectivity index (χ0v) is 13.4. The van der Waals surface area contributed by atoms with Crippen molar-refractivity contribution in [3.8, 4) is 11.1 Å². The Hall–Kier alpha value is -2.01. The highest BCUT2D eigenvalue weighted by molar-refractivity contribution is 7.17. The molecule has 0 saturated carbocycles. The molecule has 0 amide bonds. The quantitative estimate of drug-likeness (QED) is 0.572. The van der Waals surface area contributed by atoms with E-state index in [1.54, 1.807) is 22.7 Å². The van der Waals surface area contributed by atoms with Crippen LogP contribution in [0.25, 0.3) is 21.2 Å². The van der Waals surface area contributed by atoms with E-state index in [-0.39, 0.29) is 6.04 Å². The predicted molar refractivity (Wildman–Crippen MR) is 95.4 cm³/mol. The molecule has 0 bridgehead atoms. The second kappa shape index (κ2) is 5.65. The number of nitrogens with zero attached hydrogens (tertiary/aromatic N) is 1. The molecule has 1 atom stereocenters. The van der Waals surface area contributed by atoms with Crippen LogP contribution in [-0.2, 0) is 0 Å². The Kier molecular flexibility index (Phi) is 3.50. The first kappa shape index (κ1) is 13.6. The Bertz CT molecular complexity index is 895. The molecule has 2 N–H and O–H groups in total. The number of aromatic nitrogens is 1. The van der Waals surface area contributed by atoms with Gasteiger partial charge in [0.05, 0.1) is 11.7 Å². The smallest absolute Gasteiger partial charge is 0.0826 e. The third kappa shape index (κ3) is 2.25. The van der Waals surface area contributed by atoms with Crippen LogP contribution in [0.5, 0.6) is 0 Å². The highest BCUT2D eigenvalue weighted by Crippen LogP contribution is 2.38. The first-order chi connectivity index (χ1) is 10.8. The lowest BCUT2D eigenvalue weighted by molar-refractivity contribution is 0.860. The number of rotatable bonds is 3. The number of nitrogens with two attached hydrogens (primary N) is 1. The van der Waals surface area contributed by atoms with Gasteiger partial charge in [0.15, 0.2) is 0 Å². The van der Waals surface area contributed by atoms with Crippen LogP contribution >= 0.6 is 22.7 Å². The highest BCUT2D eigenvalue weighted by Gasteiger charge is 2.18. The van der Waals surface area contributed by atoms with Crippen LogP contribution in [-0.4, -0.2) is 4.98 Å². The van der Waals surface area contributed by atoms with Gasteiger partial charge in [0.1, 0.15) is 0 Å². The minimum atomic E-state index is -0.180. The van der Waals surface area contributed by atoms with Gasteiger partial charge in [-0.3, -0.25) is 4.98 Å². The molecule has 2 nitrogen and oxygen atoms in total. The van der Waals surface area contributed by atoms with Gasteiger partial charge < -0.3 is 5.73 Å². The van der Waals surface area contributed by atoms with Gasteiger partial charge in [0.25, 0.3) is 0 Å². The molecule has 0 aliphatic rings. The molecule has 0 aliphatic heterocycles. The maximum atomic E-state index is 6.49. The van der Waals surface area contributed by atoms with E-state index in [9.17, 15) is 0 Å². The number of hydrogen-bond donors (Lipinski definition) is 1. The first-order valence-electron chi connectivity index (χ1n) is 7.05. The summed E-state index contributed by atoms with van der Waals surface area (Å²) in [5.41, 5.74) is 9.87. The van der Waals surface area contributed by atoms with Crippen LogP contribution in [0.4, 0.5) is 0 Å². The van der Waals surface area contributed by atoms with E-state index in [0.717, 1.165) is 10.6 Å². The van der Waals surface area contributed by atoms with Gasteiger partial charge in [-0.05, 0) is 28.5 Å². The van der Waals surface area contributed by atoms with Crippen molar-refractivity contribution in [2.45, 2.75) is 6.04 Å². The van der Waals surface area contributed by atoms with Crippen molar-refractivity contribution in [3.05, 3.63) is 76.1 Å². The van der Waals surface area contributed by atoms with Crippen LogP contribution in [0.2, 0.25) is 0 Å². The molecule has 0 radical (unpaired) electrons. The summed E-state index contributed by atoms with van der Waals surface area (Å²) in [4.78, 5) is 5.75. The number of hydrogen-bond acceptors (Lipinski definition) is 4. The maximum Gasteiger partial charge on any atom is 0.0826 e. The van der Waals surface area contributed by atoms with Crippen LogP contribution in [0.15, 0.2) is 65.5 Å².